The van der Waals surface area contributed by atoms with E-state index in [9.17, 15) is 19.5 Å². The van der Waals surface area contributed by atoms with Gasteiger partial charge < -0.3 is 28.8 Å². The lowest BCUT2D eigenvalue weighted by atomic mass is 9.98. The van der Waals surface area contributed by atoms with Gasteiger partial charge in [-0.05, 0) is 0 Å². The van der Waals surface area contributed by atoms with Crippen molar-refractivity contribution in [2.24, 2.45) is 5.73 Å². The van der Waals surface area contributed by atoms with Gasteiger partial charge in [0, 0.05) is 34.9 Å². The fraction of sp³-hybridized carbons (Fsp3) is 0.786. The van der Waals surface area contributed by atoms with Crippen LogP contribution in [0.1, 0.15) is 23.5 Å². The van der Waals surface area contributed by atoms with E-state index >= 15 is 0 Å². The Hall–Kier alpha value is -1.75. The lowest BCUT2D eigenvalue weighted by Crippen LogP contribution is -2.64. The van der Waals surface area contributed by atoms with Gasteiger partial charge in [-0.2, -0.15) is 0 Å². The third-order valence-electron chi connectivity index (χ3n) is 2.75. The second-order valence-corrected chi connectivity index (χ2v) is 4.95. The molecule has 0 rings (SSSR count). The van der Waals surface area contributed by atoms with E-state index in [0.717, 1.165) is 20.8 Å². The Morgan fingerprint density at radius 3 is 2.21 bits per heavy atom. The molecule has 0 amide bonds. The van der Waals surface area contributed by atoms with E-state index in [1.165, 1.54) is 0 Å². The van der Waals surface area contributed by atoms with Crippen LogP contribution in [-0.2, 0) is 38.1 Å². The first-order valence-electron chi connectivity index (χ1n) is 8.23. The quantitative estimate of drug-likeness (QED) is 0.277. The minimum absolute atomic E-state index is 0.352. The summed E-state index contributed by atoms with van der Waals surface area (Å²) < 4.78 is 39.0. The Morgan fingerprint density at radius 1 is 1.12 bits per heavy atom. The Balaban J connectivity index is 5.73. The first kappa shape index (κ1) is 18.6. The third kappa shape index (κ3) is 7.68. The second kappa shape index (κ2) is 10.2. The topological polar surface area (TPSA) is 144 Å². The van der Waals surface area contributed by atoms with Gasteiger partial charge in [-0.25, -0.2) is 0 Å². The molecule has 24 heavy (non-hydrogen) atoms. The molecule has 4 atom stereocenters. The maximum absolute atomic E-state index is 11.4. The van der Waals surface area contributed by atoms with E-state index in [1.54, 1.807) is 0 Å². The molecule has 10 nitrogen and oxygen atoms in total. The number of ether oxygens (including phenoxy) is 5. The van der Waals surface area contributed by atoms with E-state index in [0.29, 0.717) is 0 Å². The van der Waals surface area contributed by atoms with Gasteiger partial charge in [0.2, 0.25) is 0 Å². The molecular formula is C14H25NO9. The standard InChI is InChI=1S/C14H25NO9/c1-8(16)22-7-14(15,19)13(24-10(3)18)12(21-5)11(6-20-4)23-9(2)17/h11-13,19H,6-7,15H2,1-5H3/t11-,12+,13+,14+/m1/s1/i4D,5D. The molecule has 0 unspecified atom stereocenters. The summed E-state index contributed by atoms with van der Waals surface area (Å²) in [5.74, 6) is -2.35. The van der Waals surface area contributed by atoms with Gasteiger partial charge in [-0.15, -0.1) is 0 Å². The van der Waals surface area contributed by atoms with Crippen LogP contribution in [0, 0.1) is 0 Å². The van der Waals surface area contributed by atoms with Crippen LogP contribution in [0.15, 0.2) is 0 Å². The molecule has 0 bridgehead atoms. The van der Waals surface area contributed by atoms with Crippen molar-refractivity contribution in [2.75, 3.05) is 27.4 Å². The summed E-state index contributed by atoms with van der Waals surface area (Å²) in [7, 11) is -1.13. The molecule has 0 saturated heterocycles. The van der Waals surface area contributed by atoms with E-state index in [-0.39, 0.29) is 6.61 Å². The van der Waals surface area contributed by atoms with Crippen LogP contribution in [-0.4, -0.2) is 74.4 Å². The summed E-state index contributed by atoms with van der Waals surface area (Å²) in [6.45, 7) is 2.10. The van der Waals surface area contributed by atoms with Crippen LogP contribution in [0.4, 0.5) is 0 Å². The SMILES string of the molecule is [2H]COC[C@@H](OC(C)=O)[C@H](OC[2H])[C@H](OC(C)=O)[C@@](N)(O)COC(C)=O. The Morgan fingerprint density at radius 2 is 1.75 bits per heavy atom. The van der Waals surface area contributed by atoms with Crippen LogP contribution in [0.25, 0.3) is 0 Å². The van der Waals surface area contributed by atoms with Crippen LogP contribution >= 0.6 is 0 Å². The van der Waals surface area contributed by atoms with Gasteiger partial charge in [0.15, 0.2) is 17.9 Å². The highest BCUT2D eigenvalue weighted by molar-refractivity contribution is 5.67. The monoisotopic (exact) mass is 353 g/mol. The van der Waals surface area contributed by atoms with Gasteiger partial charge >= 0.3 is 17.9 Å². The lowest BCUT2D eigenvalue weighted by Gasteiger charge is -2.38. The van der Waals surface area contributed by atoms with Crippen LogP contribution in [0.5, 0.6) is 0 Å². The zero-order valence-corrected chi connectivity index (χ0v) is 13.9. The number of carbonyl (C=O) groups is 3. The van der Waals surface area contributed by atoms with Crippen molar-refractivity contribution in [1.29, 1.82) is 0 Å². The average Bonchev–Trinajstić information content (AvgIpc) is 2.52. The highest BCUT2D eigenvalue weighted by Crippen LogP contribution is 2.21. The highest BCUT2D eigenvalue weighted by Gasteiger charge is 2.47. The van der Waals surface area contributed by atoms with Gasteiger partial charge in [0.05, 0.1) is 9.35 Å². The molecule has 0 fully saturated rings. The largest absolute Gasteiger partial charge is 0.461 e. The van der Waals surface area contributed by atoms with Crippen LogP contribution < -0.4 is 5.73 Å². The molecule has 0 aliphatic carbocycles. The van der Waals surface area contributed by atoms with Crippen molar-refractivity contribution >= 4 is 17.9 Å². The molecule has 0 spiro atoms. The molecule has 140 valence electrons. The van der Waals surface area contributed by atoms with Crippen LogP contribution in [0.2, 0.25) is 0 Å². The Bertz CT molecular complexity index is 475. The normalized spacial score (nSPS) is 18.2. The highest BCUT2D eigenvalue weighted by atomic mass is 16.6. The smallest absolute Gasteiger partial charge is 0.303 e. The third-order valence-corrected chi connectivity index (χ3v) is 2.75. The maximum Gasteiger partial charge on any atom is 0.303 e. The van der Waals surface area contributed by atoms with Gasteiger partial charge in [0.25, 0.3) is 0 Å². The fourth-order valence-corrected chi connectivity index (χ4v) is 1.85. The van der Waals surface area contributed by atoms with E-state index in [2.05, 4.69) is 4.74 Å². The summed E-state index contributed by atoms with van der Waals surface area (Å²) in [4.78, 5) is 33.8. The molecule has 10 heteroatoms. The Kier molecular flexibility index (Phi) is 7.89. The summed E-state index contributed by atoms with van der Waals surface area (Å²) in [5, 5.41) is 10.4. The summed E-state index contributed by atoms with van der Waals surface area (Å²) in [6.07, 6.45) is -4.37. The predicted octanol–water partition coefficient (Wildman–Crippen LogP) is -1.28. The number of carbonyl (C=O) groups excluding carboxylic acids is 3. The molecule has 0 aromatic carbocycles. The number of methoxy groups -OCH3 is 2. The van der Waals surface area contributed by atoms with Gasteiger partial charge in [0.1, 0.15) is 12.7 Å². The average molecular weight is 353 g/mol. The van der Waals surface area contributed by atoms with E-state index in [1.807, 2.05) is 0 Å². The van der Waals surface area contributed by atoms with Crippen molar-refractivity contribution < 1.29 is 45.9 Å². The van der Waals surface area contributed by atoms with Crippen LogP contribution in [0.3, 0.4) is 0 Å². The molecule has 0 aromatic heterocycles. The molecule has 0 aromatic rings. The van der Waals surface area contributed by atoms with Crippen molar-refractivity contribution in [3.63, 3.8) is 0 Å². The van der Waals surface area contributed by atoms with Crippen molar-refractivity contribution in [3.05, 3.63) is 0 Å². The van der Waals surface area contributed by atoms with Crippen molar-refractivity contribution in [3.8, 4) is 0 Å². The first-order valence-corrected chi connectivity index (χ1v) is 6.82. The van der Waals surface area contributed by atoms with E-state index in [4.69, 9.17) is 27.4 Å². The van der Waals surface area contributed by atoms with E-state index < -0.39 is 62.7 Å². The number of nitrogens with two attached hydrogens (primary N) is 1. The molecule has 0 aliphatic heterocycles. The minimum atomic E-state index is -2.42. The summed E-state index contributed by atoms with van der Waals surface area (Å²) in [6, 6.07) is 0. The molecule has 0 heterocycles. The maximum atomic E-state index is 11.4. The second-order valence-electron chi connectivity index (χ2n) is 4.95. The fourth-order valence-electron chi connectivity index (χ4n) is 1.85. The molecular weight excluding hydrogens is 326 g/mol. The molecule has 3 N–H and O–H groups in total. The molecule has 0 saturated carbocycles. The predicted molar refractivity (Wildman–Crippen MR) is 79.6 cm³/mol. The number of aliphatic hydroxyl groups is 1. The zero-order chi connectivity index (χ0) is 20.3. The first-order chi connectivity index (χ1) is 12.0. The van der Waals surface area contributed by atoms with Crippen molar-refractivity contribution in [1.82, 2.24) is 0 Å². The number of hydrogen-bond donors (Lipinski definition) is 2. The number of esters is 3. The summed E-state index contributed by atoms with van der Waals surface area (Å²) >= 11 is 0. The lowest BCUT2D eigenvalue weighted by molar-refractivity contribution is -0.213. The number of hydrogen-bond acceptors (Lipinski definition) is 10. The number of rotatable bonds is 10. The van der Waals surface area contributed by atoms with Gasteiger partial charge in [-0.3, -0.25) is 20.1 Å². The summed E-state index contributed by atoms with van der Waals surface area (Å²) in [5.41, 5.74) is 3.31. The molecule has 0 radical (unpaired) electrons. The Labute approximate surface area is 142 Å². The zero-order valence-electron chi connectivity index (χ0n) is 15.9. The van der Waals surface area contributed by atoms with Crippen molar-refractivity contribution in [2.45, 2.75) is 44.8 Å². The van der Waals surface area contributed by atoms with Gasteiger partial charge in [-0.1, -0.05) is 0 Å². The minimum Gasteiger partial charge on any atom is -0.461 e. The molecule has 0 aliphatic rings.